The minimum absolute atomic E-state index is 0.188. The lowest BCUT2D eigenvalue weighted by atomic mass is 9.84. The molecule has 4 N–H and O–H groups in total. The molecule has 6 nitrogen and oxygen atoms in total. The molecule has 0 aliphatic heterocycles. The van der Waals surface area contributed by atoms with E-state index in [2.05, 4.69) is 24.3 Å². The molecule has 6 aromatic carbocycles. The number of allylic oxidation sites excluding steroid dienone is 4. The maximum atomic E-state index is 9.04. The largest absolute Gasteiger partial charge is 0.399 e. The van der Waals surface area contributed by atoms with E-state index in [0.717, 1.165) is 55.6 Å². The number of anilines is 1. The summed E-state index contributed by atoms with van der Waals surface area (Å²) in [6, 6.07) is 51.8. The van der Waals surface area contributed by atoms with E-state index in [9.17, 15) is 0 Å². The zero-order valence-corrected chi connectivity index (χ0v) is 27.6. The van der Waals surface area contributed by atoms with E-state index in [0.29, 0.717) is 28.7 Å². The molecule has 0 spiro atoms. The van der Waals surface area contributed by atoms with Crippen molar-refractivity contribution < 1.29 is 0 Å². The van der Waals surface area contributed by atoms with E-state index in [-0.39, 0.29) is 11.4 Å². The third-order valence-corrected chi connectivity index (χ3v) is 8.97. The predicted molar refractivity (Wildman–Crippen MR) is 209 cm³/mol. The van der Waals surface area contributed by atoms with Crippen LogP contribution in [0.5, 0.6) is 0 Å². The number of hydrogen-bond acceptors (Lipinski definition) is 6. The van der Waals surface area contributed by atoms with Crippen molar-refractivity contribution in [1.29, 1.82) is 10.8 Å². The minimum Gasteiger partial charge on any atom is -0.399 e. The van der Waals surface area contributed by atoms with Crippen molar-refractivity contribution in [3.63, 3.8) is 0 Å². The lowest BCUT2D eigenvalue weighted by molar-refractivity contribution is 1.07. The summed E-state index contributed by atoms with van der Waals surface area (Å²) < 4.78 is 0. The fourth-order valence-electron chi connectivity index (χ4n) is 6.46. The molecule has 1 heterocycles. The van der Waals surface area contributed by atoms with Gasteiger partial charge in [0.15, 0.2) is 17.5 Å². The van der Waals surface area contributed by atoms with Crippen LogP contribution in [0.2, 0.25) is 0 Å². The zero-order chi connectivity index (χ0) is 34.7. The molecule has 1 aromatic heterocycles. The molecule has 1 aliphatic rings. The van der Waals surface area contributed by atoms with Crippen LogP contribution in [0.15, 0.2) is 170 Å². The Balaban J connectivity index is 1.24. The van der Waals surface area contributed by atoms with Gasteiger partial charge in [-0.15, -0.1) is 0 Å². The highest BCUT2D eigenvalue weighted by Crippen LogP contribution is 2.36. The van der Waals surface area contributed by atoms with Crippen LogP contribution in [0.25, 0.3) is 67.6 Å². The summed E-state index contributed by atoms with van der Waals surface area (Å²) in [7, 11) is 0. The average Bonchev–Trinajstić information content (AvgIpc) is 3.19. The number of aromatic nitrogens is 3. The maximum Gasteiger partial charge on any atom is 0.164 e. The van der Waals surface area contributed by atoms with E-state index >= 15 is 0 Å². The monoisotopic (exact) mass is 656 g/mol. The highest BCUT2D eigenvalue weighted by atomic mass is 15.0. The summed E-state index contributed by atoms with van der Waals surface area (Å²) in [6.07, 6.45) is 3.89. The normalized spacial score (nSPS) is 12.7. The second-order valence-corrected chi connectivity index (χ2v) is 12.2. The Morgan fingerprint density at radius 3 is 1.49 bits per heavy atom. The molecular formula is C45H32N6. The third-order valence-electron chi connectivity index (χ3n) is 8.97. The summed E-state index contributed by atoms with van der Waals surface area (Å²) in [5, 5.41) is 17.9. The molecule has 0 atom stereocenters. The Morgan fingerprint density at radius 2 is 0.804 bits per heavy atom. The first-order valence-corrected chi connectivity index (χ1v) is 16.7. The first-order valence-electron chi connectivity index (χ1n) is 16.7. The van der Waals surface area contributed by atoms with Crippen molar-refractivity contribution in [1.82, 2.24) is 15.0 Å². The number of rotatable bonds is 7. The Hall–Kier alpha value is -7.05. The van der Waals surface area contributed by atoms with E-state index in [1.165, 1.54) is 0 Å². The van der Waals surface area contributed by atoms with Crippen molar-refractivity contribution in [2.75, 3.05) is 5.73 Å². The smallest absolute Gasteiger partial charge is 0.164 e. The van der Waals surface area contributed by atoms with Gasteiger partial charge in [0.05, 0.1) is 11.4 Å². The molecule has 6 heteroatoms. The van der Waals surface area contributed by atoms with Gasteiger partial charge >= 0.3 is 0 Å². The molecule has 7 aromatic rings. The first-order chi connectivity index (χ1) is 25.0. The van der Waals surface area contributed by atoms with Crippen LogP contribution >= 0.6 is 0 Å². The topological polar surface area (TPSA) is 112 Å². The van der Waals surface area contributed by atoms with Gasteiger partial charge in [-0.3, -0.25) is 10.8 Å². The molecule has 0 bridgehead atoms. The van der Waals surface area contributed by atoms with Crippen LogP contribution in [-0.4, -0.2) is 26.4 Å². The van der Waals surface area contributed by atoms with Gasteiger partial charge in [-0.25, -0.2) is 15.0 Å². The average molecular weight is 657 g/mol. The van der Waals surface area contributed by atoms with Gasteiger partial charge in [-0.05, 0) is 51.6 Å². The molecule has 0 amide bonds. The minimum atomic E-state index is 0.188. The number of nitrogen functional groups attached to an aromatic ring is 1. The van der Waals surface area contributed by atoms with Gasteiger partial charge < -0.3 is 5.73 Å². The maximum absolute atomic E-state index is 9.04. The number of nitrogens with one attached hydrogen (secondary N) is 2. The summed E-state index contributed by atoms with van der Waals surface area (Å²) in [6.45, 7) is 0. The predicted octanol–water partition coefficient (Wildman–Crippen LogP) is 10.3. The molecule has 242 valence electrons. The summed E-state index contributed by atoms with van der Waals surface area (Å²) in [5.74, 6) is 1.68. The van der Waals surface area contributed by atoms with Gasteiger partial charge in [0.2, 0.25) is 0 Å². The van der Waals surface area contributed by atoms with Crippen molar-refractivity contribution in [3.8, 4) is 56.4 Å². The molecule has 51 heavy (non-hydrogen) atoms. The molecule has 8 rings (SSSR count). The Kier molecular flexibility index (Phi) is 8.24. The fourth-order valence-corrected chi connectivity index (χ4v) is 6.46. The van der Waals surface area contributed by atoms with Gasteiger partial charge in [-0.2, -0.15) is 0 Å². The lowest BCUT2D eigenvalue weighted by Gasteiger charge is -2.20. The standard InChI is InChI=1S/C45H32N6/c46-34-20-12-18-32(28-34)36-22-8-10-24-40(36)45-50-43(30-15-5-2-6-16-30)49-44(51-45)33-19-11-17-31(27-33)35-21-7-9-23-38(35)39-26-25-37(41(47)42(39)48)29-13-3-1-4-14-29/h1-28,47-48H,46H2. The van der Waals surface area contributed by atoms with Gasteiger partial charge in [0.25, 0.3) is 0 Å². The molecule has 1 aliphatic carbocycles. The first kappa shape index (κ1) is 31.2. The third kappa shape index (κ3) is 6.18. The van der Waals surface area contributed by atoms with E-state index in [1.807, 2.05) is 146 Å². The molecule has 0 saturated carbocycles. The number of benzene rings is 6. The quantitative estimate of drug-likeness (QED) is 0.117. The van der Waals surface area contributed by atoms with Crippen molar-refractivity contribution in [2.24, 2.45) is 0 Å². The van der Waals surface area contributed by atoms with Crippen LogP contribution in [0.4, 0.5) is 5.69 Å². The second-order valence-electron chi connectivity index (χ2n) is 12.2. The summed E-state index contributed by atoms with van der Waals surface area (Å²) in [4.78, 5) is 15.1. The molecular weight excluding hydrogens is 625 g/mol. The van der Waals surface area contributed by atoms with Crippen molar-refractivity contribution in [3.05, 3.63) is 181 Å². The highest BCUT2D eigenvalue weighted by molar-refractivity contribution is 6.68. The van der Waals surface area contributed by atoms with Crippen LogP contribution in [-0.2, 0) is 0 Å². The van der Waals surface area contributed by atoms with Crippen molar-refractivity contribution in [2.45, 2.75) is 0 Å². The van der Waals surface area contributed by atoms with Crippen LogP contribution < -0.4 is 5.73 Å². The Labute approximate surface area is 296 Å². The van der Waals surface area contributed by atoms with Gasteiger partial charge in [0.1, 0.15) is 0 Å². The lowest BCUT2D eigenvalue weighted by Crippen LogP contribution is -2.19. The Bertz CT molecular complexity index is 2520. The van der Waals surface area contributed by atoms with E-state index < -0.39 is 0 Å². The zero-order valence-electron chi connectivity index (χ0n) is 27.6. The van der Waals surface area contributed by atoms with Crippen molar-refractivity contribution >= 4 is 28.3 Å². The molecule has 0 radical (unpaired) electrons. The van der Waals surface area contributed by atoms with Crippen LogP contribution in [0, 0.1) is 10.8 Å². The summed E-state index contributed by atoms with van der Waals surface area (Å²) in [5.41, 5.74) is 16.9. The van der Waals surface area contributed by atoms with Crippen LogP contribution in [0.3, 0.4) is 0 Å². The SMILES string of the molecule is N=C1C(=N)C(c2ccccc2-c2cccc(-c3nc(-c4ccccc4)nc(-c4ccccc4-c4cccc(N)c4)n3)c2)=CC=C1c1ccccc1. The fraction of sp³-hybridized carbons (Fsp3) is 0. The molecule has 0 fully saturated rings. The molecule has 0 unspecified atom stereocenters. The second kappa shape index (κ2) is 13.5. The van der Waals surface area contributed by atoms with Gasteiger partial charge in [0, 0.05) is 33.5 Å². The number of nitrogens with zero attached hydrogens (tertiary/aromatic N) is 3. The highest BCUT2D eigenvalue weighted by Gasteiger charge is 2.23. The number of nitrogens with two attached hydrogens (primary N) is 1. The molecule has 0 saturated heterocycles. The van der Waals surface area contributed by atoms with Gasteiger partial charge in [-0.1, -0.05) is 152 Å². The Morgan fingerprint density at radius 1 is 0.353 bits per heavy atom. The van der Waals surface area contributed by atoms with E-state index in [1.54, 1.807) is 0 Å². The van der Waals surface area contributed by atoms with E-state index in [4.69, 9.17) is 31.5 Å². The summed E-state index contributed by atoms with van der Waals surface area (Å²) >= 11 is 0. The number of hydrogen-bond donors (Lipinski definition) is 3. The van der Waals surface area contributed by atoms with Crippen LogP contribution in [0.1, 0.15) is 11.1 Å².